The van der Waals surface area contributed by atoms with Crippen LogP contribution in [0.2, 0.25) is 0 Å². The molecule has 210 valence electrons. The molecule has 0 aliphatic carbocycles. The quantitative estimate of drug-likeness (QED) is 0.413. The van der Waals surface area contributed by atoms with Crippen LogP contribution < -0.4 is 5.73 Å². The monoisotopic (exact) mass is 525 g/mol. The van der Waals surface area contributed by atoms with E-state index in [0.29, 0.717) is 11.0 Å². The van der Waals surface area contributed by atoms with Gasteiger partial charge >= 0.3 is 6.18 Å². The molecule has 0 saturated carbocycles. The number of carbonyl (C=O) groups is 3. The first-order valence-corrected chi connectivity index (χ1v) is 12.3. The number of alkyl halides is 3. The molecule has 1 atom stereocenters. The lowest BCUT2D eigenvalue weighted by Gasteiger charge is -2.30. The molecule has 4 nitrogen and oxygen atoms in total. The molecule has 37 heavy (non-hydrogen) atoms. The molecule has 0 aliphatic heterocycles. The first kappa shape index (κ1) is 38.7. The van der Waals surface area contributed by atoms with Crippen molar-refractivity contribution in [2.45, 2.75) is 86.4 Å². The third-order valence-corrected chi connectivity index (χ3v) is 5.44. The number of benzene rings is 2. The van der Waals surface area contributed by atoms with Gasteiger partial charge in [-0.25, -0.2) is 0 Å². The van der Waals surface area contributed by atoms with Crippen molar-refractivity contribution < 1.29 is 27.6 Å². The van der Waals surface area contributed by atoms with Gasteiger partial charge in [-0.2, -0.15) is 13.2 Å². The Bertz CT molecular complexity index is 826. The average Bonchev–Trinajstić information content (AvgIpc) is 2.86. The fourth-order valence-electron chi connectivity index (χ4n) is 3.42. The summed E-state index contributed by atoms with van der Waals surface area (Å²) in [7, 11) is 0. The highest BCUT2D eigenvalue weighted by Crippen LogP contribution is 2.33. The van der Waals surface area contributed by atoms with Crippen molar-refractivity contribution in [2.24, 2.45) is 17.1 Å². The van der Waals surface area contributed by atoms with Crippen molar-refractivity contribution in [3.05, 3.63) is 71.3 Å². The summed E-state index contributed by atoms with van der Waals surface area (Å²) in [5, 5.41) is 0. The van der Waals surface area contributed by atoms with Crippen molar-refractivity contribution in [1.82, 2.24) is 0 Å². The number of ketones is 1. The van der Waals surface area contributed by atoms with Crippen molar-refractivity contribution >= 4 is 19.4 Å². The van der Waals surface area contributed by atoms with Gasteiger partial charge in [-0.05, 0) is 36.8 Å². The Labute approximate surface area is 221 Å². The van der Waals surface area contributed by atoms with Crippen LogP contribution in [-0.2, 0) is 20.6 Å². The molecule has 0 amide bonds. The van der Waals surface area contributed by atoms with Crippen LogP contribution >= 0.6 is 0 Å². The lowest BCUT2D eigenvalue weighted by Crippen LogP contribution is -2.19. The second-order valence-electron chi connectivity index (χ2n) is 9.51. The molecule has 0 spiro atoms. The summed E-state index contributed by atoms with van der Waals surface area (Å²) in [5.74, 6) is 0.925. The number of halogens is 3. The van der Waals surface area contributed by atoms with E-state index < -0.39 is 17.8 Å². The Balaban J connectivity index is -0.000000438. The van der Waals surface area contributed by atoms with Crippen molar-refractivity contribution in [2.75, 3.05) is 0 Å². The highest BCUT2D eigenvalue weighted by atomic mass is 19.4. The van der Waals surface area contributed by atoms with Crippen LogP contribution in [0.1, 0.15) is 90.0 Å². The zero-order valence-electron chi connectivity index (χ0n) is 23.5. The molecule has 0 bridgehead atoms. The van der Waals surface area contributed by atoms with Gasteiger partial charge in [0.2, 0.25) is 0 Å². The van der Waals surface area contributed by atoms with Crippen LogP contribution in [0.5, 0.6) is 0 Å². The predicted molar refractivity (Wildman–Crippen MR) is 147 cm³/mol. The Kier molecular flexibility index (Phi) is 22.3. The molecule has 0 saturated heterocycles. The third kappa shape index (κ3) is 19.0. The lowest BCUT2D eigenvalue weighted by molar-refractivity contribution is -0.137. The molecular weight excluding hydrogens is 479 g/mol. The van der Waals surface area contributed by atoms with E-state index in [1.807, 2.05) is 43.9 Å². The van der Waals surface area contributed by atoms with Gasteiger partial charge in [0, 0.05) is 0 Å². The zero-order valence-corrected chi connectivity index (χ0v) is 23.5. The average molecular weight is 526 g/mol. The van der Waals surface area contributed by atoms with Gasteiger partial charge in [0.05, 0.1) is 11.6 Å². The van der Waals surface area contributed by atoms with Crippen molar-refractivity contribution in [1.29, 1.82) is 0 Å². The summed E-state index contributed by atoms with van der Waals surface area (Å²) in [6.45, 7) is 18.8. The SMILES string of the molecule is C=O.C=O.CC(=O)C(N)c1ccccc1.CCCC(CCC)C(C)(C)C.Cc1cccc(C(F)(F)F)c1. The summed E-state index contributed by atoms with van der Waals surface area (Å²) in [6, 6.07) is 14.1. The van der Waals surface area contributed by atoms with Crippen LogP contribution in [-0.4, -0.2) is 19.4 Å². The Morgan fingerprint density at radius 1 is 0.865 bits per heavy atom. The van der Waals surface area contributed by atoms with Gasteiger partial charge in [-0.1, -0.05) is 114 Å². The van der Waals surface area contributed by atoms with Crippen LogP contribution in [0.3, 0.4) is 0 Å². The lowest BCUT2D eigenvalue weighted by atomic mass is 9.76. The third-order valence-electron chi connectivity index (χ3n) is 5.44. The fourth-order valence-corrected chi connectivity index (χ4v) is 3.42. The maximum Gasteiger partial charge on any atom is 0.416 e. The molecule has 2 aromatic rings. The number of aryl methyl sites for hydroxylation is 1. The molecular formula is C30H46F3NO3. The van der Waals surface area contributed by atoms with E-state index >= 15 is 0 Å². The number of nitrogens with two attached hydrogens (primary N) is 1. The summed E-state index contributed by atoms with van der Waals surface area (Å²) < 4.78 is 35.9. The Morgan fingerprint density at radius 3 is 1.62 bits per heavy atom. The number of rotatable bonds is 6. The number of hydrogen-bond acceptors (Lipinski definition) is 4. The first-order valence-electron chi connectivity index (χ1n) is 12.3. The van der Waals surface area contributed by atoms with Crippen LogP contribution in [0.25, 0.3) is 0 Å². The van der Waals surface area contributed by atoms with Crippen molar-refractivity contribution in [3.8, 4) is 0 Å². The summed E-state index contributed by atoms with van der Waals surface area (Å²) in [5.41, 5.74) is 7.02. The second kappa shape index (κ2) is 21.3. The molecule has 0 radical (unpaired) electrons. The maximum atomic E-state index is 12.0. The van der Waals surface area contributed by atoms with Gasteiger partial charge in [-0.15, -0.1) is 0 Å². The van der Waals surface area contributed by atoms with Gasteiger partial charge in [-0.3, -0.25) is 4.79 Å². The van der Waals surface area contributed by atoms with Crippen molar-refractivity contribution in [3.63, 3.8) is 0 Å². The number of Topliss-reactive ketones (excluding diaryl/α,β-unsaturated/α-hetero) is 1. The van der Waals surface area contributed by atoms with Gasteiger partial charge in [0.1, 0.15) is 13.6 Å². The van der Waals surface area contributed by atoms with E-state index in [4.69, 9.17) is 15.3 Å². The molecule has 2 N–H and O–H groups in total. The minimum absolute atomic E-state index is 0.00352. The zero-order chi connectivity index (χ0) is 29.7. The van der Waals surface area contributed by atoms with E-state index in [9.17, 15) is 18.0 Å². The van der Waals surface area contributed by atoms with E-state index in [1.165, 1.54) is 38.7 Å². The number of hydrogen-bond donors (Lipinski definition) is 1. The number of carbonyl (C=O) groups excluding carboxylic acids is 3. The van der Waals surface area contributed by atoms with E-state index in [0.717, 1.165) is 23.6 Å². The topological polar surface area (TPSA) is 77.2 Å². The second-order valence-corrected chi connectivity index (χ2v) is 9.51. The largest absolute Gasteiger partial charge is 0.416 e. The van der Waals surface area contributed by atoms with E-state index in [-0.39, 0.29) is 5.78 Å². The maximum absolute atomic E-state index is 12.0. The molecule has 0 heterocycles. The molecule has 7 heteroatoms. The summed E-state index contributed by atoms with van der Waals surface area (Å²) >= 11 is 0. The van der Waals surface area contributed by atoms with Gasteiger partial charge < -0.3 is 15.3 Å². The summed E-state index contributed by atoms with van der Waals surface area (Å²) in [6.07, 6.45) is 1.25. The Hall–Kier alpha value is -2.80. The minimum atomic E-state index is -4.22. The van der Waals surface area contributed by atoms with Crippen LogP contribution in [0.15, 0.2) is 54.6 Å². The molecule has 0 aromatic heterocycles. The molecule has 0 aliphatic rings. The Morgan fingerprint density at radius 2 is 1.32 bits per heavy atom. The van der Waals surface area contributed by atoms with Gasteiger partial charge in [0.15, 0.2) is 5.78 Å². The highest BCUT2D eigenvalue weighted by molar-refractivity contribution is 5.82. The molecule has 1 unspecified atom stereocenters. The standard InChI is InChI=1S/C11H24.C9H11NO.C8H7F3.2CH2O/c1-6-8-10(9-7-2)11(3,4)5;1-7(11)9(10)8-5-3-2-4-6-8;1-6-3-2-4-7(5-6)8(9,10)11;2*1-2/h10H,6-9H2,1-5H3;2-6,9H,10H2,1H3;2-5H,1H3;2*1H2. The highest BCUT2D eigenvalue weighted by Gasteiger charge is 2.29. The van der Waals surface area contributed by atoms with Gasteiger partial charge in [0.25, 0.3) is 0 Å². The molecule has 2 rings (SSSR count). The van der Waals surface area contributed by atoms with Crippen LogP contribution in [0.4, 0.5) is 13.2 Å². The summed E-state index contributed by atoms with van der Waals surface area (Å²) in [4.78, 5) is 26.8. The smallest absolute Gasteiger partial charge is 0.318 e. The fraction of sp³-hybridized carbons (Fsp3) is 0.500. The molecule has 0 fully saturated rings. The normalized spacial score (nSPS) is 11.1. The predicted octanol–water partition coefficient (Wildman–Crippen LogP) is 8.17. The van der Waals surface area contributed by atoms with Crippen LogP contribution in [0, 0.1) is 18.3 Å². The minimum Gasteiger partial charge on any atom is -0.318 e. The van der Waals surface area contributed by atoms with E-state index in [2.05, 4.69) is 34.6 Å². The first-order chi connectivity index (χ1) is 17.2. The van der Waals surface area contributed by atoms with E-state index in [1.54, 1.807) is 13.0 Å². The molecule has 2 aromatic carbocycles.